The third-order valence-corrected chi connectivity index (χ3v) is 4.07. The molecule has 0 fully saturated rings. The molecule has 2 rings (SSSR count). The van der Waals surface area contributed by atoms with E-state index < -0.39 is 0 Å². The highest BCUT2D eigenvalue weighted by Gasteiger charge is 2.13. The van der Waals surface area contributed by atoms with E-state index in [4.69, 9.17) is 10.7 Å². The molecule has 0 radical (unpaired) electrons. The first-order chi connectivity index (χ1) is 10.1. The number of nitrogen functional groups attached to an aromatic ring is 1. The Hall–Kier alpha value is -1.55. The molecule has 1 aromatic carbocycles. The predicted molar refractivity (Wildman–Crippen MR) is 90.6 cm³/mol. The van der Waals surface area contributed by atoms with E-state index in [0.717, 1.165) is 49.6 Å². The smallest absolute Gasteiger partial charge is 0.112 e. The molecular formula is C17H28N4. The lowest BCUT2D eigenvalue weighted by Crippen LogP contribution is -2.25. The molecule has 0 aliphatic rings. The van der Waals surface area contributed by atoms with Gasteiger partial charge in [-0.15, -0.1) is 0 Å². The van der Waals surface area contributed by atoms with Gasteiger partial charge in [0.2, 0.25) is 0 Å². The van der Waals surface area contributed by atoms with Crippen LogP contribution in [-0.2, 0) is 6.54 Å². The molecule has 0 unspecified atom stereocenters. The number of aromatic nitrogens is 2. The van der Waals surface area contributed by atoms with Gasteiger partial charge in [-0.05, 0) is 44.3 Å². The zero-order chi connectivity index (χ0) is 15.4. The molecule has 0 spiro atoms. The van der Waals surface area contributed by atoms with E-state index in [1.54, 1.807) is 0 Å². The molecule has 116 valence electrons. The molecule has 0 saturated carbocycles. The van der Waals surface area contributed by atoms with Gasteiger partial charge in [-0.25, -0.2) is 4.98 Å². The van der Waals surface area contributed by atoms with Crippen LogP contribution in [0.3, 0.4) is 0 Å². The molecule has 0 atom stereocenters. The lowest BCUT2D eigenvalue weighted by atomic mass is 10.2. The maximum Gasteiger partial charge on any atom is 0.112 e. The van der Waals surface area contributed by atoms with Gasteiger partial charge in [-0.2, -0.15) is 0 Å². The van der Waals surface area contributed by atoms with Gasteiger partial charge in [0.15, 0.2) is 0 Å². The number of nitrogens with two attached hydrogens (primary N) is 1. The maximum absolute atomic E-state index is 5.88. The van der Waals surface area contributed by atoms with Crippen LogP contribution in [0.25, 0.3) is 11.0 Å². The van der Waals surface area contributed by atoms with Crippen LogP contribution in [0.1, 0.15) is 45.9 Å². The number of imidazole rings is 1. The van der Waals surface area contributed by atoms with Gasteiger partial charge in [-0.1, -0.05) is 27.7 Å². The molecule has 0 bridgehead atoms. The topological polar surface area (TPSA) is 47.1 Å². The van der Waals surface area contributed by atoms with Crippen LogP contribution in [0.2, 0.25) is 0 Å². The molecule has 4 heteroatoms. The fourth-order valence-electron chi connectivity index (χ4n) is 2.83. The highest BCUT2D eigenvalue weighted by atomic mass is 15.1. The number of rotatable bonds is 7. The summed E-state index contributed by atoms with van der Waals surface area (Å²) in [5.41, 5.74) is 8.88. The van der Waals surface area contributed by atoms with Crippen LogP contribution in [0, 0.1) is 0 Å². The van der Waals surface area contributed by atoms with Gasteiger partial charge < -0.3 is 15.2 Å². The number of fused-ring (bicyclic) bond motifs is 1. The van der Waals surface area contributed by atoms with Crippen molar-refractivity contribution >= 4 is 16.7 Å². The van der Waals surface area contributed by atoms with E-state index in [9.17, 15) is 0 Å². The summed E-state index contributed by atoms with van der Waals surface area (Å²) in [7, 11) is 0. The fraction of sp³-hybridized carbons (Fsp3) is 0.588. The SMILES string of the molecule is CCN(CC)CCCn1c(C(C)C)nc2cc(N)ccc21. The van der Waals surface area contributed by atoms with E-state index in [1.165, 1.54) is 5.52 Å². The molecule has 0 aliphatic carbocycles. The highest BCUT2D eigenvalue weighted by Crippen LogP contribution is 2.24. The van der Waals surface area contributed by atoms with E-state index >= 15 is 0 Å². The van der Waals surface area contributed by atoms with Crippen LogP contribution in [0.5, 0.6) is 0 Å². The third kappa shape index (κ3) is 3.56. The first-order valence-electron chi connectivity index (χ1n) is 8.04. The second-order valence-corrected chi connectivity index (χ2v) is 5.90. The Morgan fingerprint density at radius 1 is 1.24 bits per heavy atom. The second kappa shape index (κ2) is 6.94. The Bertz CT molecular complexity index is 582. The van der Waals surface area contributed by atoms with Crippen molar-refractivity contribution < 1.29 is 0 Å². The van der Waals surface area contributed by atoms with Gasteiger partial charge in [-0.3, -0.25) is 0 Å². The van der Waals surface area contributed by atoms with Crippen molar-refractivity contribution in [2.45, 2.75) is 46.6 Å². The van der Waals surface area contributed by atoms with Crippen molar-refractivity contribution in [1.29, 1.82) is 0 Å². The second-order valence-electron chi connectivity index (χ2n) is 5.90. The number of nitrogens with zero attached hydrogens (tertiary/aromatic N) is 3. The quantitative estimate of drug-likeness (QED) is 0.794. The lowest BCUT2D eigenvalue weighted by molar-refractivity contribution is 0.293. The van der Waals surface area contributed by atoms with Crippen LogP contribution in [0.15, 0.2) is 18.2 Å². The summed E-state index contributed by atoms with van der Waals surface area (Å²) in [6, 6.07) is 6.04. The molecule has 2 N–H and O–H groups in total. The summed E-state index contributed by atoms with van der Waals surface area (Å²) < 4.78 is 2.36. The summed E-state index contributed by atoms with van der Waals surface area (Å²) in [6.45, 7) is 13.2. The Kier molecular flexibility index (Phi) is 5.23. The van der Waals surface area contributed by atoms with Crippen LogP contribution in [-0.4, -0.2) is 34.1 Å². The summed E-state index contributed by atoms with van der Waals surface area (Å²) in [4.78, 5) is 7.24. The van der Waals surface area contributed by atoms with Crippen molar-refractivity contribution in [3.8, 4) is 0 Å². The van der Waals surface area contributed by atoms with Crippen molar-refractivity contribution in [2.75, 3.05) is 25.4 Å². The third-order valence-electron chi connectivity index (χ3n) is 4.07. The Balaban J connectivity index is 2.22. The highest BCUT2D eigenvalue weighted by molar-refractivity contribution is 5.79. The van der Waals surface area contributed by atoms with Crippen molar-refractivity contribution in [2.24, 2.45) is 0 Å². The molecule has 4 nitrogen and oxygen atoms in total. The molecule has 0 amide bonds. The van der Waals surface area contributed by atoms with Crippen molar-refractivity contribution in [3.05, 3.63) is 24.0 Å². The average Bonchev–Trinajstić information content (AvgIpc) is 2.81. The molecule has 1 aromatic heterocycles. The van der Waals surface area contributed by atoms with E-state index in [0.29, 0.717) is 5.92 Å². The van der Waals surface area contributed by atoms with E-state index in [2.05, 4.69) is 43.2 Å². The first kappa shape index (κ1) is 15.8. The Labute approximate surface area is 128 Å². The number of aryl methyl sites for hydroxylation is 1. The number of hydrogen-bond donors (Lipinski definition) is 1. The summed E-state index contributed by atoms with van der Waals surface area (Å²) in [5, 5.41) is 0. The summed E-state index contributed by atoms with van der Waals surface area (Å²) >= 11 is 0. The normalized spacial score (nSPS) is 11.9. The molecule has 0 saturated heterocycles. The van der Waals surface area contributed by atoms with Crippen molar-refractivity contribution in [1.82, 2.24) is 14.5 Å². The molecule has 21 heavy (non-hydrogen) atoms. The average molecular weight is 288 g/mol. The minimum Gasteiger partial charge on any atom is -0.399 e. The number of anilines is 1. The van der Waals surface area contributed by atoms with Gasteiger partial charge in [0.1, 0.15) is 5.82 Å². The zero-order valence-corrected chi connectivity index (χ0v) is 13.8. The minimum atomic E-state index is 0.423. The number of hydrogen-bond acceptors (Lipinski definition) is 3. The lowest BCUT2D eigenvalue weighted by Gasteiger charge is -2.19. The largest absolute Gasteiger partial charge is 0.399 e. The zero-order valence-electron chi connectivity index (χ0n) is 13.8. The fourth-order valence-corrected chi connectivity index (χ4v) is 2.83. The standard InChI is InChI=1S/C17H28N4/c1-5-20(6-2)10-7-11-21-16-9-8-14(18)12-15(16)19-17(21)13(3)4/h8-9,12-13H,5-7,10-11,18H2,1-4H3. The monoisotopic (exact) mass is 288 g/mol. The summed E-state index contributed by atoms with van der Waals surface area (Å²) in [5.74, 6) is 1.59. The Morgan fingerprint density at radius 3 is 2.57 bits per heavy atom. The van der Waals surface area contributed by atoms with Gasteiger partial charge in [0.25, 0.3) is 0 Å². The van der Waals surface area contributed by atoms with Gasteiger partial charge >= 0.3 is 0 Å². The minimum absolute atomic E-state index is 0.423. The van der Waals surface area contributed by atoms with Crippen LogP contribution >= 0.6 is 0 Å². The molecule has 1 heterocycles. The Morgan fingerprint density at radius 2 is 1.95 bits per heavy atom. The van der Waals surface area contributed by atoms with E-state index in [1.807, 2.05) is 12.1 Å². The van der Waals surface area contributed by atoms with Crippen LogP contribution < -0.4 is 5.73 Å². The number of benzene rings is 1. The molecular weight excluding hydrogens is 260 g/mol. The molecule has 0 aliphatic heterocycles. The maximum atomic E-state index is 5.88. The van der Waals surface area contributed by atoms with Gasteiger partial charge in [0, 0.05) is 18.2 Å². The van der Waals surface area contributed by atoms with Crippen LogP contribution in [0.4, 0.5) is 5.69 Å². The molecule has 2 aromatic rings. The predicted octanol–water partition coefficient (Wildman–Crippen LogP) is 3.47. The van der Waals surface area contributed by atoms with E-state index in [-0.39, 0.29) is 0 Å². The van der Waals surface area contributed by atoms with Gasteiger partial charge in [0.05, 0.1) is 11.0 Å². The van der Waals surface area contributed by atoms with Crippen molar-refractivity contribution in [3.63, 3.8) is 0 Å². The summed E-state index contributed by atoms with van der Waals surface area (Å²) in [6.07, 6.45) is 1.15. The first-order valence-corrected chi connectivity index (χ1v) is 8.04.